The van der Waals surface area contributed by atoms with E-state index in [9.17, 15) is 4.79 Å². The first-order valence-electron chi connectivity index (χ1n) is 6.09. The average Bonchev–Trinajstić information content (AvgIpc) is 2.42. The number of carbonyl (C=O) groups excluding carboxylic acids is 1. The number of nitrogens with zero attached hydrogens (tertiary/aromatic N) is 1. The predicted octanol–water partition coefficient (Wildman–Crippen LogP) is 1.98. The lowest BCUT2D eigenvalue weighted by Gasteiger charge is -2.09. The normalized spacial score (nSPS) is 10.4. The van der Waals surface area contributed by atoms with Crippen molar-refractivity contribution in [1.29, 1.82) is 0 Å². The third-order valence-electron chi connectivity index (χ3n) is 2.48. The van der Waals surface area contributed by atoms with Gasteiger partial charge in [0.1, 0.15) is 0 Å². The van der Waals surface area contributed by atoms with Crippen molar-refractivity contribution in [2.45, 2.75) is 6.42 Å². The Morgan fingerprint density at radius 2 is 2.00 bits per heavy atom. The highest BCUT2D eigenvalue weighted by atomic mass is 127. The zero-order valence-electron chi connectivity index (χ0n) is 11.6. The van der Waals surface area contributed by atoms with Crippen LogP contribution in [-0.2, 0) is 0 Å². The highest BCUT2D eigenvalue weighted by Crippen LogP contribution is 2.11. The zero-order chi connectivity index (χ0) is 14.1. The van der Waals surface area contributed by atoms with Gasteiger partial charge in [-0.25, -0.2) is 0 Å². The first-order valence-corrected chi connectivity index (χ1v) is 6.89. The molecule has 7 heteroatoms. The second-order valence-electron chi connectivity index (χ2n) is 3.87. The average molecular weight is 455 g/mol. The summed E-state index contributed by atoms with van der Waals surface area (Å²) in [6, 6.07) is 7.33. The lowest BCUT2D eigenvalue weighted by atomic mass is 10.2. The van der Waals surface area contributed by atoms with Gasteiger partial charge in [0.05, 0.1) is 0 Å². The fourth-order valence-electron chi connectivity index (χ4n) is 1.51. The summed E-state index contributed by atoms with van der Waals surface area (Å²) in [5.41, 5.74) is 0.661. The minimum atomic E-state index is -0.0562. The molecule has 0 aliphatic rings. The molecule has 1 aromatic carbocycles. The second kappa shape index (κ2) is 10.9. The summed E-state index contributed by atoms with van der Waals surface area (Å²) in [7, 11) is 3.53. The molecule has 20 heavy (non-hydrogen) atoms. The van der Waals surface area contributed by atoms with Gasteiger partial charge in [0.15, 0.2) is 5.96 Å². The van der Waals surface area contributed by atoms with Gasteiger partial charge in [-0.15, -0.1) is 24.0 Å². The number of rotatable bonds is 5. The summed E-state index contributed by atoms with van der Waals surface area (Å²) in [5.74, 6) is 0.692. The van der Waals surface area contributed by atoms with Crippen molar-refractivity contribution in [1.82, 2.24) is 16.0 Å². The van der Waals surface area contributed by atoms with Crippen molar-refractivity contribution in [3.63, 3.8) is 0 Å². The molecule has 0 saturated carbocycles. The minimum Gasteiger partial charge on any atom is -0.359 e. The van der Waals surface area contributed by atoms with Crippen LogP contribution in [0.25, 0.3) is 0 Å². The number of aliphatic imine (C=N–C) groups is 1. The van der Waals surface area contributed by atoms with Gasteiger partial charge >= 0.3 is 0 Å². The maximum atomic E-state index is 11.8. The summed E-state index contributed by atoms with van der Waals surface area (Å²) >= 11 is 3.35. The smallest absolute Gasteiger partial charge is 0.251 e. The SMILES string of the molecule is CN=C(NC)NCCCNC(=O)c1cccc(Br)c1.I. The number of carbonyl (C=O) groups is 1. The van der Waals surface area contributed by atoms with E-state index in [1.165, 1.54) is 0 Å². The van der Waals surface area contributed by atoms with Crippen molar-refractivity contribution < 1.29 is 4.79 Å². The Hall–Kier alpha value is -0.830. The molecule has 0 radical (unpaired) electrons. The fraction of sp³-hybridized carbons (Fsp3) is 0.385. The van der Waals surface area contributed by atoms with Gasteiger partial charge in [0, 0.05) is 37.2 Å². The molecule has 0 spiro atoms. The van der Waals surface area contributed by atoms with Crippen LogP contribution in [0.4, 0.5) is 0 Å². The van der Waals surface area contributed by atoms with E-state index in [1.807, 2.05) is 19.2 Å². The molecule has 0 aliphatic carbocycles. The van der Waals surface area contributed by atoms with Crippen LogP contribution in [0, 0.1) is 0 Å². The molecule has 1 amide bonds. The molecule has 0 aromatic heterocycles. The Balaban J connectivity index is 0.00000361. The number of benzene rings is 1. The Morgan fingerprint density at radius 3 is 2.60 bits per heavy atom. The first kappa shape index (κ1) is 19.2. The van der Waals surface area contributed by atoms with Crippen LogP contribution in [0.1, 0.15) is 16.8 Å². The molecule has 1 aromatic rings. The third kappa shape index (κ3) is 7.09. The van der Waals surface area contributed by atoms with Crippen LogP contribution in [0.15, 0.2) is 33.7 Å². The molecule has 0 heterocycles. The number of nitrogens with one attached hydrogen (secondary N) is 3. The summed E-state index contributed by atoms with van der Waals surface area (Å²) in [6.45, 7) is 1.38. The van der Waals surface area contributed by atoms with E-state index in [-0.39, 0.29) is 29.9 Å². The van der Waals surface area contributed by atoms with Gasteiger partial charge in [-0.05, 0) is 24.6 Å². The van der Waals surface area contributed by atoms with E-state index in [2.05, 4.69) is 36.9 Å². The van der Waals surface area contributed by atoms with E-state index in [0.29, 0.717) is 12.1 Å². The Labute approximate surface area is 145 Å². The standard InChI is InChI=1S/C13H19BrN4O.HI/c1-15-13(16-2)18-8-4-7-17-12(19)10-5-3-6-11(14)9-10;/h3,5-6,9H,4,7-8H2,1-2H3,(H,17,19)(H2,15,16,18);1H. The van der Waals surface area contributed by atoms with Gasteiger partial charge in [-0.3, -0.25) is 9.79 Å². The molecular formula is C13H20BrIN4O. The van der Waals surface area contributed by atoms with E-state index in [4.69, 9.17) is 0 Å². The Kier molecular flexibility index (Phi) is 10.4. The van der Waals surface area contributed by atoms with Crippen molar-refractivity contribution in [3.8, 4) is 0 Å². The van der Waals surface area contributed by atoms with Gasteiger partial charge < -0.3 is 16.0 Å². The summed E-state index contributed by atoms with van der Waals surface area (Å²) in [4.78, 5) is 15.8. The fourth-order valence-corrected chi connectivity index (χ4v) is 1.91. The molecule has 112 valence electrons. The Bertz CT molecular complexity index is 454. The Morgan fingerprint density at radius 1 is 1.30 bits per heavy atom. The van der Waals surface area contributed by atoms with E-state index >= 15 is 0 Å². The van der Waals surface area contributed by atoms with Crippen LogP contribution in [0.2, 0.25) is 0 Å². The van der Waals surface area contributed by atoms with Crippen LogP contribution in [-0.4, -0.2) is 39.1 Å². The molecule has 1 rings (SSSR count). The maximum Gasteiger partial charge on any atom is 0.251 e. The molecule has 0 bridgehead atoms. The maximum absolute atomic E-state index is 11.8. The van der Waals surface area contributed by atoms with E-state index in [0.717, 1.165) is 23.4 Å². The summed E-state index contributed by atoms with van der Waals surface area (Å²) < 4.78 is 0.902. The molecule has 3 N–H and O–H groups in total. The van der Waals surface area contributed by atoms with Gasteiger partial charge in [-0.1, -0.05) is 22.0 Å². The van der Waals surface area contributed by atoms with Crippen LogP contribution in [0.3, 0.4) is 0 Å². The highest BCUT2D eigenvalue weighted by molar-refractivity contribution is 14.0. The van der Waals surface area contributed by atoms with Gasteiger partial charge in [0.25, 0.3) is 5.91 Å². The molecule has 0 saturated heterocycles. The molecule has 0 unspecified atom stereocenters. The minimum absolute atomic E-state index is 0. The van der Waals surface area contributed by atoms with Crippen molar-refractivity contribution in [3.05, 3.63) is 34.3 Å². The highest BCUT2D eigenvalue weighted by Gasteiger charge is 2.04. The third-order valence-corrected chi connectivity index (χ3v) is 2.97. The van der Waals surface area contributed by atoms with E-state index in [1.54, 1.807) is 19.2 Å². The lowest BCUT2D eigenvalue weighted by molar-refractivity contribution is 0.0953. The molecule has 0 fully saturated rings. The summed E-state index contributed by atoms with van der Waals surface area (Å²) in [6.07, 6.45) is 0.834. The van der Waals surface area contributed by atoms with Gasteiger partial charge in [-0.2, -0.15) is 0 Å². The van der Waals surface area contributed by atoms with Gasteiger partial charge in [0.2, 0.25) is 0 Å². The number of hydrogen-bond acceptors (Lipinski definition) is 2. The predicted molar refractivity (Wildman–Crippen MR) is 96.9 cm³/mol. The number of halogens is 2. The zero-order valence-corrected chi connectivity index (χ0v) is 15.5. The number of guanidine groups is 1. The van der Waals surface area contributed by atoms with E-state index < -0.39 is 0 Å². The van der Waals surface area contributed by atoms with Crippen LogP contribution >= 0.6 is 39.9 Å². The van der Waals surface area contributed by atoms with Crippen molar-refractivity contribution in [2.75, 3.05) is 27.2 Å². The molecule has 5 nitrogen and oxygen atoms in total. The number of amides is 1. The first-order chi connectivity index (χ1) is 9.17. The van der Waals surface area contributed by atoms with Crippen molar-refractivity contribution >= 4 is 51.8 Å². The molecule has 0 aliphatic heterocycles. The van der Waals surface area contributed by atoms with Crippen LogP contribution in [0.5, 0.6) is 0 Å². The van der Waals surface area contributed by atoms with Crippen LogP contribution < -0.4 is 16.0 Å². The number of hydrogen-bond donors (Lipinski definition) is 3. The quantitative estimate of drug-likeness (QED) is 0.276. The van der Waals surface area contributed by atoms with Crippen molar-refractivity contribution in [2.24, 2.45) is 4.99 Å². The molecular weight excluding hydrogens is 435 g/mol. The lowest BCUT2D eigenvalue weighted by Crippen LogP contribution is -2.36. The molecule has 0 atom stereocenters. The largest absolute Gasteiger partial charge is 0.359 e. The monoisotopic (exact) mass is 454 g/mol. The second-order valence-corrected chi connectivity index (χ2v) is 4.78. The topological polar surface area (TPSA) is 65.5 Å². The summed E-state index contributed by atoms with van der Waals surface area (Å²) in [5, 5.41) is 8.93.